The molecule has 1 aliphatic carbocycles. The fraction of sp³-hybridized carbons (Fsp3) is 0.923. The maximum Gasteiger partial charge on any atom is 0.326 e. The first-order valence-electron chi connectivity index (χ1n) is 7.03. The van der Waals surface area contributed by atoms with Crippen LogP contribution in [0.5, 0.6) is 0 Å². The molecule has 2 fully saturated rings. The van der Waals surface area contributed by atoms with Crippen LogP contribution in [0.3, 0.4) is 0 Å². The summed E-state index contributed by atoms with van der Waals surface area (Å²) < 4.78 is 28.1. The molecule has 1 saturated carbocycles. The van der Waals surface area contributed by atoms with Crippen LogP contribution in [-0.4, -0.2) is 69.6 Å². The number of carbonyl (C=O) groups is 1. The fourth-order valence-corrected chi connectivity index (χ4v) is 5.26. The lowest BCUT2D eigenvalue weighted by Crippen LogP contribution is -2.50. The number of nitrogens with one attached hydrogen (secondary N) is 1. The van der Waals surface area contributed by atoms with Crippen LogP contribution in [0.2, 0.25) is 0 Å². The second-order valence-electron chi connectivity index (χ2n) is 5.94. The molecule has 0 aromatic rings. The third-order valence-electron chi connectivity index (χ3n) is 4.90. The Morgan fingerprint density at radius 1 is 1.35 bits per heavy atom. The van der Waals surface area contributed by atoms with E-state index in [-0.39, 0.29) is 29.6 Å². The van der Waals surface area contributed by atoms with Gasteiger partial charge in [-0.05, 0) is 39.8 Å². The van der Waals surface area contributed by atoms with Crippen LogP contribution in [0, 0.1) is 0 Å². The van der Waals surface area contributed by atoms with Crippen molar-refractivity contribution < 1.29 is 17.9 Å². The van der Waals surface area contributed by atoms with Crippen molar-refractivity contribution in [3.63, 3.8) is 0 Å². The summed E-state index contributed by atoms with van der Waals surface area (Å²) in [5.41, 5.74) is -0.620. The van der Waals surface area contributed by atoms with Crippen LogP contribution in [0.1, 0.15) is 25.7 Å². The minimum absolute atomic E-state index is 0.0790. The van der Waals surface area contributed by atoms with Crippen LogP contribution in [0.4, 0.5) is 0 Å². The van der Waals surface area contributed by atoms with Gasteiger partial charge in [0.05, 0.1) is 18.6 Å². The van der Waals surface area contributed by atoms with E-state index in [0.29, 0.717) is 12.8 Å². The smallest absolute Gasteiger partial charge is 0.326 e. The summed E-state index contributed by atoms with van der Waals surface area (Å²) in [6, 6.07) is 0.301. The summed E-state index contributed by atoms with van der Waals surface area (Å²) >= 11 is 0. The average molecular weight is 304 g/mol. The molecule has 0 aromatic carbocycles. The van der Waals surface area contributed by atoms with Crippen molar-refractivity contribution in [2.24, 2.45) is 0 Å². The largest absolute Gasteiger partial charge is 0.468 e. The number of hydrogen-bond acceptors (Lipinski definition) is 6. The minimum atomic E-state index is -2.87. The van der Waals surface area contributed by atoms with Crippen molar-refractivity contribution in [2.45, 2.75) is 43.3 Å². The monoisotopic (exact) mass is 304 g/mol. The molecule has 2 aliphatic rings. The number of methoxy groups -OCH3 is 1. The Balaban J connectivity index is 2.03. The summed E-state index contributed by atoms with van der Waals surface area (Å²) in [6.45, 7) is 0. The Hall–Kier alpha value is -0.660. The van der Waals surface area contributed by atoms with E-state index in [2.05, 4.69) is 10.2 Å². The van der Waals surface area contributed by atoms with Gasteiger partial charge in [0.1, 0.15) is 5.54 Å². The molecule has 1 saturated heterocycles. The van der Waals surface area contributed by atoms with Crippen molar-refractivity contribution >= 4 is 15.8 Å². The molecule has 1 heterocycles. The van der Waals surface area contributed by atoms with Gasteiger partial charge in [0, 0.05) is 12.1 Å². The molecule has 0 aromatic heterocycles. The Kier molecular flexibility index (Phi) is 4.41. The molecule has 0 radical (unpaired) electrons. The molecule has 6 nitrogen and oxygen atoms in total. The van der Waals surface area contributed by atoms with E-state index in [1.54, 1.807) is 7.05 Å². The van der Waals surface area contributed by atoms with Crippen molar-refractivity contribution in [3.8, 4) is 0 Å². The van der Waals surface area contributed by atoms with Gasteiger partial charge in [-0.2, -0.15) is 0 Å². The molecule has 0 spiro atoms. The lowest BCUT2D eigenvalue weighted by Gasteiger charge is -2.31. The molecule has 116 valence electrons. The van der Waals surface area contributed by atoms with Crippen LogP contribution in [0.25, 0.3) is 0 Å². The maximum absolute atomic E-state index is 12.0. The second kappa shape index (κ2) is 5.61. The van der Waals surface area contributed by atoms with Gasteiger partial charge in [0.2, 0.25) is 0 Å². The molecule has 20 heavy (non-hydrogen) atoms. The van der Waals surface area contributed by atoms with Crippen LogP contribution in [0.15, 0.2) is 0 Å². The number of likely N-dealkylation sites (N-methyl/N-ethyl adjacent to an activating group) is 1. The maximum atomic E-state index is 12.0. The van der Waals surface area contributed by atoms with Gasteiger partial charge in [-0.1, -0.05) is 0 Å². The van der Waals surface area contributed by atoms with E-state index < -0.39 is 15.4 Å². The van der Waals surface area contributed by atoms with Crippen LogP contribution >= 0.6 is 0 Å². The predicted octanol–water partition coefficient (Wildman–Crippen LogP) is -0.211. The van der Waals surface area contributed by atoms with E-state index in [4.69, 9.17) is 4.74 Å². The van der Waals surface area contributed by atoms with Gasteiger partial charge in [0.25, 0.3) is 0 Å². The Bertz CT molecular complexity index is 479. The lowest BCUT2D eigenvalue weighted by molar-refractivity contribution is -0.148. The SMILES string of the molecule is CNC1(C(=O)OC)CCC(N(C)C2CCS(=O)(=O)C2)C1. The normalized spacial score (nSPS) is 36.4. The molecular formula is C13H24N2O4S. The molecule has 7 heteroatoms. The zero-order valence-corrected chi connectivity index (χ0v) is 13.2. The molecule has 1 N–H and O–H groups in total. The molecule has 0 bridgehead atoms. The summed E-state index contributed by atoms with van der Waals surface area (Å²) in [5, 5.41) is 3.10. The highest BCUT2D eigenvalue weighted by Crippen LogP contribution is 2.35. The molecule has 3 atom stereocenters. The molecular weight excluding hydrogens is 280 g/mol. The van der Waals surface area contributed by atoms with E-state index in [0.717, 1.165) is 12.8 Å². The lowest BCUT2D eigenvalue weighted by atomic mass is 9.97. The van der Waals surface area contributed by atoms with E-state index >= 15 is 0 Å². The van der Waals surface area contributed by atoms with Crippen LogP contribution in [-0.2, 0) is 19.4 Å². The van der Waals surface area contributed by atoms with Gasteiger partial charge in [-0.3, -0.25) is 9.69 Å². The Morgan fingerprint density at radius 2 is 2.05 bits per heavy atom. The molecule has 3 unspecified atom stereocenters. The number of esters is 1. The summed E-state index contributed by atoms with van der Waals surface area (Å²) in [4.78, 5) is 14.1. The summed E-state index contributed by atoms with van der Waals surface area (Å²) in [7, 11) is 2.28. The van der Waals surface area contributed by atoms with Gasteiger partial charge < -0.3 is 10.1 Å². The van der Waals surface area contributed by atoms with E-state index in [1.165, 1.54) is 7.11 Å². The van der Waals surface area contributed by atoms with Crippen molar-refractivity contribution in [1.82, 2.24) is 10.2 Å². The van der Waals surface area contributed by atoms with Crippen LogP contribution < -0.4 is 5.32 Å². The topological polar surface area (TPSA) is 75.7 Å². The quantitative estimate of drug-likeness (QED) is 0.724. The zero-order chi connectivity index (χ0) is 15.0. The van der Waals surface area contributed by atoms with Crippen molar-refractivity contribution in [1.29, 1.82) is 0 Å². The standard InChI is InChI=1S/C13H24N2O4S/c1-14-13(12(16)19-3)6-4-10(8-13)15(2)11-5-7-20(17,18)9-11/h10-11,14H,4-9H2,1-3H3. The fourth-order valence-electron chi connectivity index (χ4n) is 3.47. The molecule has 0 amide bonds. The summed E-state index contributed by atoms with van der Waals surface area (Å²) in [6.07, 6.45) is 2.97. The highest BCUT2D eigenvalue weighted by atomic mass is 32.2. The number of rotatable bonds is 4. The van der Waals surface area contributed by atoms with Gasteiger partial charge >= 0.3 is 5.97 Å². The number of sulfone groups is 1. The Labute approximate surface area is 120 Å². The highest BCUT2D eigenvalue weighted by Gasteiger charge is 2.47. The first kappa shape index (κ1) is 15.7. The summed E-state index contributed by atoms with van der Waals surface area (Å²) in [5.74, 6) is 0.295. The first-order valence-corrected chi connectivity index (χ1v) is 8.85. The third-order valence-corrected chi connectivity index (χ3v) is 6.65. The van der Waals surface area contributed by atoms with Gasteiger partial charge in [-0.15, -0.1) is 0 Å². The van der Waals surface area contributed by atoms with Gasteiger partial charge in [0.15, 0.2) is 9.84 Å². The minimum Gasteiger partial charge on any atom is -0.468 e. The van der Waals surface area contributed by atoms with Crippen molar-refractivity contribution in [2.75, 3.05) is 32.7 Å². The second-order valence-corrected chi connectivity index (χ2v) is 8.17. The number of hydrogen-bond donors (Lipinski definition) is 1. The number of carbonyl (C=O) groups excluding carboxylic acids is 1. The third kappa shape index (κ3) is 2.84. The highest BCUT2D eigenvalue weighted by molar-refractivity contribution is 7.91. The first-order chi connectivity index (χ1) is 9.33. The molecule has 1 aliphatic heterocycles. The zero-order valence-electron chi connectivity index (χ0n) is 12.4. The predicted molar refractivity (Wildman–Crippen MR) is 76.3 cm³/mol. The number of ether oxygens (including phenoxy) is 1. The van der Waals surface area contributed by atoms with E-state index in [9.17, 15) is 13.2 Å². The number of nitrogens with zero attached hydrogens (tertiary/aromatic N) is 1. The van der Waals surface area contributed by atoms with Gasteiger partial charge in [-0.25, -0.2) is 8.42 Å². The van der Waals surface area contributed by atoms with E-state index in [1.807, 2.05) is 7.05 Å². The Morgan fingerprint density at radius 3 is 2.55 bits per heavy atom. The average Bonchev–Trinajstić information content (AvgIpc) is 3.01. The molecule has 2 rings (SSSR count). The van der Waals surface area contributed by atoms with Crippen molar-refractivity contribution in [3.05, 3.63) is 0 Å².